The number of fused-ring (bicyclic) bond motifs is 2. The van der Waals surface area contributed by atoms with E-state index in [0.29, 0.717) is 11.2 Å². The van der Waals surface area contributed by atoms with Gasteiger partial charge in [-0.25, -0.2) is 4.39 Å². The molecule has 0 bridgehead atoms. The fourth-order valence-corrected chi connectivity index (χ4v) is 7.86. The molecule has 2 aliphatic heterocycles. The summed E-state index contributed by atoms with van der Waals surface area (Å²) in [5.41, 5.74) is -3.62. The monoisotopic (exact) mass is 743 g/mol. The van der Waals surface area contributed by atoms with Crippen molar-refractivity contribution in [2.24, 2.45) is 5.41 Å². The molecule has 0 radical (unpaired) electrons. The average molecular weight is 744 g/mol. The number of thiophene rings is 1. The molecule has 1 aromatic heterocycles. The Morgan fingerprint density at radius 1 is 1.00 bits per heavy atom. The Labute approximate surface area is 296 Å². The topological polar surface area (TPSA) is 136 Å². The molecule has 0 spiro atoms. The largest absolute Gasteiger partial charge is 0.399 e. The number of halogens is 3. The van der Waals surface area contributed by atoms with Crippen LogP contribution in [0.4, 0.5) is 13.2 Å². The van der Waals surface area contributed by atoms with Crippen LogP contribution in [0.15, 0.2) is 72.8 Å². The summed E-state index contributed by atoms with van der Waals surface area (Å²) >= 11 is 0.977. The van der Waals surface area contributed by atoms with Crippen molar-refractivity contribution in [2.45, 2.75) is 57.6 Å². The number of benzene rings is 3. The molecule has 2 unspecified atom stereocenters. The Hall–Kier alpha value is -4.07. The summed E-state index contributed by atoms with van der Waals surface area (Å²) in [6, 6.07) is 15.9. The molecule has 0 saturated carbocycles. The lowest BCUT2D eigenvalue weighted by Gasteiger charge is -2.43. The van der Waals surface area contributed by atoms with E-state index in [9.17, 15) is 41.9 Å². The lowest BCUT2D eigenvalue weighted by molar-refractivity contribution is -0.153. The molecular formula is C36H37F3N3O7PS. The minimum atomic E-state index is -5.80. The molecule has 10 nitrogen and oxygen atoms in total. The quantitative estimate of drug-likeness (QED) is 0.199. The first-order valence-electron chi connectivity index (χ1n) is 16.3. The van der Waals surface area contributed by atoms with Gasteiger partial charge in [-0.15, -0.1) is 11.3 Å². The van der Waals surface area contributed by atoms with Gasteiger partial charge in [0.05, 0.1) is 18.0 Å². The van der Waals surface area contributed by atoms with Crippen LogP contribution in [0.2, 0.25) is 0 Å². The van der Waals surface area contributed by atoms with E-state index in [2.05, 4.69) is 5.32 Å². The number of amides is 3. The van der Waals surface area contributed by atoms with Crippen molar-refractivity contribution in [1.82, 2.24) is 15.1 Å². The Morgan fingerprint density at radius 3 is 2.35 bits per heavy atom. The summed E-state index contributed by atoms with van der Waals surface area (Å²) in [6.07, 6.45) is -0.229. The summed E-state index contributed by atoms with van der Waals surface area (Å²) in [4.78, 5) is 64.2. The number of carbonyl (C=O) groups excluding carboxylic acids is 3. The highest BCUT2D eigenvalue weighted by Crippen LogP contribution is 2.59. The predicted octanol–water partition coefficient (Wildman–Crippen LogP) is 5.97. The number of alkyl halides is 2. The van der Waals surface area contributed by atoms with E-state index in [-0.39, 0.29) is 48.1 Å². The molecule has 2 aliphatic rings. The van der Waals surface area contributed by atoms with Gasteiger partial charge in [0.2, 0.25) is 11.8 Å². The highest BCUT2D eigenvalue weighted by atomic mass is 32.1. The van der Waals surface area contributed by atoms with Crippen molar-refractivity contribution in [3.8, 4) is 0 Å². The number of hydrogen-bond donors (Lipinski definition) is 3. The molecule has 1 fully saturated rings. The van der Waals surface area contributed by atoms with Crippen molar-refractivity contribution in [1.29, 1.82) is 0 Å². The SMILES string of the molecule is CC(C)(C)C(NC(=O)c1cc2cc(C(F)(F)P(=O)(O)O)ccc2s1)C(=O)N1Cc2ccccc2C[C@H]1C(=O)N1CCOC(c2ccc(F)cc2)C1. The molecular weight excluding hydrogens is 706 g/mol. The standard InChI is InChI=1S/C36H37F3N3O7PS/c1-35(2,3)31(40-32(43)30-18-24-16-25(10-13-29(24)51-30)36(38,39)50(46,47)48)34(45)42-19-23-7-5-4-6-22(23)17-27(42)33(44)41-14-15-49-28(20-41)21-8-11-26(37)12-9-21/h4-13,16,18,27-28,31H,14-15,17,19-20H2,1-3H3,(H,40,43)(H2,46,47,48)/t27-,28?,31?/m0/s1. The van der Waals surface area contributed by atoms with Crippen molar-refractivity contribution in [3.63, 3.8) is 0 Å². The van der Waals surface area contributed by atoms with Crippen LogP contribution in [0.3, 0.4) is 0 Å². The molecule has 3 amide bonds. The van der Waals surface area contributed by atoms with Gasteiger partial charge < -0.3 is 29.6 Å². The van der Waals surface area contributed by atoms with E-state index in [0.717, 1.165) is 40.2 Å². The zero-order valence-corrected chi connectivity index (χ0v) is 29.7. The average Bonchev–Trinajstić information content (AvgIpc) is 3.53. The van der Waals surface area contributed by atoms with Crippen LogP contribution in [-0.4, -0.2) is 69.1 Å². The van der Waals surface area contributed by atoms with Gasteiger partial charge in [0, 0.05) is 29.8 Å². The molecule has 270 valence electrons. The lowest BCUT2D eigenvalue weighted by Crippen LogP contribution is -2.61. The van der Waals surface area contributed by atoms with Gasteiger partial charge in [-0.05, 0) is 57.8 Å². The number of ether oxygens (including phenoxy) is 1. The zero-order chi connectivity index (χ0) is 36.9. The lowest BCUT2D eigenvalue weighted by atomic mass is 9.84. The second-order valence-corrected chi connectivity index (χ2v) is 16.6. The summed E-state index contributed by atoms with van der Waals surface area (Å²) in [7, 11) is -5.80. The van der Waals surface area contributed by atoms with E-state index in [4.69, 9.17) is 4.74 Å². The van der Waals surface area contributed by atoms with Crippen LogP contribution in [0.5, 0.6) is 0 Å². The van der Waals surface area contributed by atoms with Crippen LogP contribution in [0.25, 0.3) is 10.1 Å². The van der Waals surface area contributed by atoms with Crippen molar-refractivity contribution in [2.75, 3.05) is 19.7 Å². The second kappa shape index (κ2) is 13.8. The summed E-state index contributed by atoms with van der Waals surface area (Å²) in [5, 5.41) is 3.01. The Morgan fingerprint density at radius 2 is 1.69 bits per heavy atom. The van der Waals surface area contributed by atoms with Crippen molar-refractivity contribution in [3.05, 3.63) is 106 Å². The zero-order valence-electron chi connectivity index (χ0n) is 28.0. The highest BCUT2D eigenvalue weighted by molar-refractivity contribution is 7.52. The van der Waals surface area contributed by atoms with E-state index in [1.54, 1.807) is 37.8 Å². The van der Waals surface area contributed by atoms with Gasteiger partial charge in [0.15, 0.2) is 0 Å². The first-order chi connectivity index (χ1) is 23.9. The number of rotatable bonds is 7. The summed E-state index contributed by atoms with van der Waals surface area (Å²) in [6.45, 7) is 6.21. The van der Waals surface area contributed by atoms with Gasteiger partial charge >= 0.3 is 13.3 Å². The maximum Gasteiger partial charge on any atom is 0.399 e. The second-order valence-electron chi connectivity index (χ2n) is 13.9. The fraction of sp³-hybridized carbons (Fsp3) is 0.361. The Bertz CT molecular complexity index is 2030. The van der Waals surface area contributed by atoms with Crippen molar-refractivity contribution < 1.29 is 46.6 Å². The molecule has 3 heterocycles. The van der Waals surface area contributed by atoms with Gasteiger partial charge in [-0.1, -0.05) is 63.2 Å². The van der Waals surface area contributed by atoms with E-state index in [1.807, 2.05) is 24.3 Å². The third-order valence-electron chi connectivity index (χ3n) is 9.28. The third-order valence-corrected chi connectivity index (χ3v) is 11.4. The van der Waals surface area contributed by atoms with Gasteiger partial charge in [-0.2, -0.15) is 8.78 Å². The molecule has 15 heteroatoms. The molecule has 51 heavy (non-hydrogen) atoms. The Kier molecular flexibility index (Phi) is 9.94. The number of carbonyl (C=O) groups is 3. The summed E-state index contributed by atoms with van der Waals surface area (Å²) < 4.78 is 60.2. The van der Waals surface area contributed by atoms with Crippen LogP contribution in [0.1, 0.15) is 58.8 Å². The smallest absolute Gasteiger partial charge is 0.370 e. The number of nitrogens with one attached hydrogen (secondary N) is 1. The van der Waals surface area contributed by atoms with Gasteiger partial charge in [-0.3, -0.25) is 18.9 Å². The minimum Gasteiger partial charge on any atom is -0.370 e. The molecule has 4 aromatic rings. The molecule has 3 atom stereocenters. The maximum atomic E-state index is 14.6. The maximum absolute atomic E-state index is 14.6. The van der Waals surface area contributed by atoms with Crippen LogP contribution < -0.4 is 5.32 Å². The van der Waals surface area contributed by atoms with Crippen LogP contribution in [0, 0.1) is 11.2 Å². The number of nitrogens with zero attached hydrogens (tertiary/aromatic N) is 2. The van der Waals surface area contributed by atoms with Gasteiger partial charge in [0.1, 0.15) is 24.0 Å². The molecule has 6 rings (SSSR count). The first kappa shape index (κ1) is 36.7. The number of morpholine rings is 1. The third kappa shape index (κ3) is 7.47. The molecule has 3 aromatic carbocycles. The van der Waals surface area contributed by atoms with E-state index in [1.165, 1.54) is 29.2 Å². The van der Waals surface area contributed by atoms with E-state index >= 15 is 0 Å². The molecule has 0 aliphatic carbocycles. The highest BCUT2D eigenvalue weighted by Gasteiger charge is 2.50. The minimum absolute atomic E-state index is 0.0977. The van der Waals surface area contributed by atoms with E-state index < -0.39 is 54.2 Å². The van der Waals surface area contributed by atoms with Gasteiger partial charge in [0.25, 0.3) is 5.91 Å². The van der Waals surface area contributed by atoms with Crippen LogP contribution >= 0.6 is 18.9 Å². The predicted molar refractivity (Wildman–Crippen MR) is 185 cm³/mol. The first-order valence-corrected chi connectivity index (χ1v) is 18.7. The normalized spacial score (nSPS) is 19.1. The molecule has 1 saturated heterocycles. The molecule has 3 N–H and O–H groups in total. The summed E-state index contributed by atoms with van der Waals surface area (Å²) in [5.74, 6) is -1.79. The number of hydrogen-bond acceptors (Lipinski definition) is 6. The van der Waals surface area contributed by atoms with Crippen LogP contribution in [-0.2, 0) is 37.5 Å². The van der Waals surface area contributed by atoms with Crippen molar-refractivity contribution >= 4 is 46.7 Å². The Balaban J connectivity index is 1.27. The fourth-order valence-electron chi connectivity index (χ4n) is 6.44.